The van der Waals surface area contributed by atoms with Gasteiger partial charge in [-0.25, -0.2) is 0 Å². The molecule has 0 spiro atoms. The number of halogens is 1. The van der Waals surface area contributed by atoms with Gasteiger partial charge in [0.2, 0.25) is 5.91 Å². The fourth-order valence-corrected chi connectivity index (χ4v) is 1.90. The molecule has 1 heterocycles. The van der Waals surface area contributed by atoms with E-state index in [0.717, 1.165) is 22.3 Å². The molecule has 2 aromatic rings. The van der Waals surface area contributed by atoms with Crippen molar-refractivity contribution in [1.82, 2.24) is 10.6 Å². The Morgan fingerprint density at radius 2 is 2.05 bits per heavy atom. The summed E-state index contributed by atoms with van der Waals surface area (Å²) in [6.45, 7) is 3.15. The number of amides is 1. The van der Waals surface area contributed by atoms with Gasteiger partial charge in [-0.1, -0.05) is 18.2 Å². The predicted molar refractivity (Wildman–Crippen MR) is 78.6 cm³/mol. The Kier molecular flexibility index (Phi) is 5.86. The molecule has 0 fully saturated rings. The summed E-state index contributed by atoms with van der Waals surface area (Å²) in [5.74, 6) is 0.859. The molecule has 104 valence electrons. The maximum atomic E-state index is 11.5. The van der Waals surface area contributed by atoms with E-state index >= 15 is 0 Å². The Bertz CT molecular complexity index is 551. The molecule has 1 amide bonds. The Labute approximate surface area is 119 Å². The maximum Gasteiger partial charge on any atom is 0.221 e. The van der Waals surface area contributed by atoms with Gasteiger partial charge >= 0.3 is 0 Å². The molecule has 0 aliphatic carbocycles. The highest BCUT2D eigenvalue weighted by Gasteiger charge is 2.10. The summed E-state index contributed by atoms with van der Waals surface area (Å²) >= 11 is 0. The van der Waals surface area contributed by atoms with E-state index in [0.29, 0.717) is 19.5 Å². The second-order valence-electron chi connectivity index (χ2n) is 4.28. The molecule has 2 N–H and O–H groups in total. The van der Waals surface area contributed by atoms with Gasteiger partial charge in [0.05, 0.1) is 6.54 Å². The minimum absolute atomic E-state index is 0. The molecule has 1 aromatic heterocycles. The van der Waals surface area contributed by atoms with E-state index in [1.54, 1.807) is 0 Å². The third kappa shape index (κ3) is 3.72. The molecule has 2 rings (SSSR count). The van der Waals surface area contributed by atoms with Crippen molar-refractivity contribution in [2.75, 3.05) is 13.6 Å². The van der Waals surface area contributed by atoms with Crippen LogP contribution >= 0.6 is 12.4 Å². The smallest absolute Gasteiger partial charge is 0.221 e. The van der Waals surface area contributed by atoms with Gasteiger partial charge < -0.3 is 15.1 Å². The summed E-state index contributed by atoms with van der Waals surface area (Å²) < 4.78 is 5.72. The molecular weight excluding hydrogens is 264 g/mol. The van der Waals surface area contributed by atoms with Gasteiger partial charge in [-0.05, 0) is 20.0 Å². The fraction of sp³-hybridized carbons (Fsp3) is 0.357. The van der Waals surface area contributed by atoms with Crippen molar-refractivity contribution in [3.63, 3.8) is 0 Å². The molecule has 0 unspecified atom stereocenters. The van der Waals surface area contributed by atoms with Crippen LogP contribution in [0.1, 0.15) is 17.7 Å². The first kappa shape index (κ1) is 15.5. The minimum atomic E-state index is 0. The number of carbonyl (C=O) groups is 1. The number of carbonyl (C=O) groups excluding carboxylic acids is 1. The second-order valence-corrected chi connectivity index (χ2v) is 4.28. The summed E-state index contributed by atoms with van der Waals surface area (Å²) in [6, 6.07) is 7.90. The Balaban J connectivity index is 0.00000180. The fourth-order valence-electron chi connectivity index (χ4n) is 1.90. The summed E-state index contributed by atoms with van der Waals surface area (Å²) in [5.41, 5.74) is 1.97. The zero-order chi connectivity index (χ0) is 13.0. The van der Waals surface area contributed by atoms with E-state index in [2.05, 4.69) is 10.6 Å². The second kappa shape index (κ2) is 7.16. The normalized spacial score (nSPS) is 10.2. The van der Waals surface area contributed by atoms with Gasteiger partial charge in [0, 0.05) is 23.9 Å². The van der Waals surface area contributed by atoms with Crippen LogP contribution in [0.15, 0.2) is 28.7 Å². The van der Waals surface area contributed by atoms with Crippen LogP contribution in [0.25, 0.3) is 11.0 Å². The number of aryl methyl sites for hydroxylation is 1. The number of fused-ring (bicyclic) bond motifs is 1. The molecule has 5 heteroatoms. The van der Waals surface area contributed by atoms with Crippen molar-refractivity contribution in [2.45, 2.75) is 19.9 Å². The quantitative estimate of drug-likeness (QED) is 0.885. The largest absolute Gasteiger partial charge is 0.459 e. The van der Waals surface area contributed by atoms with E-state index in [4.69, 9.17) is 4.42 Å². The highest BCUT2D eigenvalue weighted by atomic mass is 35.5. The number of benzene rings is 1. The maximum absolute atomic E-state index is 11.5. The van der Waals surface area contributed by atoms with Crippen LogP contribution in [0.4, 0.5) is 0 Å². The van der Waals surface area contributed by atoms with Gasteiger partial charge in [-0.3, -0.25) is 4.79 Å². The molecule has 0 saturated heterocycles. The van der Waals surface area contributed by atoms with Crippen molar-refractivity contribution in [3.05, 3.63) is 35.6 Å². The summed E-state index contributed by atoms with van der Waals surface area (Å²) in [7, 11) is 1.83. The van der Waals surface area contributed by atoms with E-state index < -0.39 is 0 Å². The Hall–Kier alpha value is -1.52. The average Bonchev–Trinajstić information content (AvgIpc) is 2.71. The SMILES string of the molecule is CNCCC(=O)NCc1oc2ccccc2c1C.Cl. The van der Waals surface area contributed by atoms with Gasteiger partial charge in [-0.15, -0.1) is 12.4 Å². The van der Waals surface area contributed by atoms with Crippen LogP contribution in [0.5, 0.6) is 0 Å². The zero-order valence-corrected chi connectivity index (χ0v) is 12.0. The van der Waals surface area contributed by atoms with Gasteiger partial charge in [0.1, 0.15) is 11.3 Å². The van der Waals surface area contributed by atoms with Crippen molar-refractivity contribution >= 4 is 29.3 Å². The van der Waals surface area contributed by atoms with E-state index in [-0.39, 0.29) is 18.3 Å². The third-order valence-corrected chi connectivity index (χ3v) is 2.99. The van der Waals surface area contributed by atoms with Gasteiger partial charge in [0.15, 0.2) is 0 Å². The predicted octanol–water partition coefficient (Wildman–Crippen LogP) is 2.39. The van der Waals surface area contributed by atoms with Crippen molar-refractivity contribution in [3.8, 4) is 0 Å². The Morgan fingerprint density at radius 3 is 2.74 bits per heavy atom. The lowest BCUT2D eigenvalue weighted by Crippen LogP contribution is -2.26. The first-order chi connectivity index (χ1) is 8.72. The number of hydrogen-bond donors (Lipinski definition) is 2. The van der Waals surface area contributed by atoms with Gasteiger partial charge in [0.25, 0.3) is 0 Å². The highest BCUT2D eigenvalue weighted by Crippen LogP contribution is 2.24. The number of hydrogen-bond acceptors (Lipinski definition) is 3. The molecule has 0 radical (unpaired) electrons. The van der Waals surface area contributed by atoms with Crippen LogP contribution < -0.4 is 10.6 Å². The first-order valence-corrected chi connectivity index (χ1v) is 6.10. The summed E-state index contributed by atoms with van der Waals surface area (Å²) in [4.78, 5) is 11.5. The van der Waals surface area contributed by atoms with Crippen LogP contribution in [-0.2, 0) is 11.3 Å². The molecule has 1 aromatic carbocycles. The molecule has 4 nitrogen and oxygen atoms in total. The molecular formula is C14H19ClN2O2. The molecule has 0 atom stereocenters. The zero-order valence-electron chi connectivity index (χ0n) is 11.2. The van der Waals surface area contributed by atoms with Crippen LogP contribution in [-0.4, -0.2) is 19.5 Å². The Morgan fingerprint density at radius 1 is 1.32 bits per heavy atom. The number of rotatable bonds is 5. The van der Waals surface area contributed by atoms with E-state index in [1.807, 2.05) is 38.2 Å². The highest BCUT2D eigenvalue weighted by molar-refractivity contribution is 5.85. The van der Waals surface area contributed by atoms with Crippen molar-refractivity contribution in [1.29, 1.82) is 0 Å². The molecule has 19 heavy (non-hydrogen) atoms. The molecule has 0 bridgehead atoms. The number of para-hydroxylation sites is 1. The molecule has 0 aliphatic rings. The van der Waals surface area contributed by atoms with Gasteiger partial charge in [-0.2, -0.15) is 0 Å². The van der Waals surface area contributed by atoms with Crippen molar-refractivity contribution < 1.29 is 9.21 Å². The number of furan rings is 1. The number of nitrogens with one attached hydrogen (secondary N) is 2. The molecule has 0 saturated carbocycles. The standard InChI is InChI=1S/C14H18N2O2.ClH/c1-10-11-5-3-4-6-12(11)18-13(10)9-16-14(17)7-8-15-2;/h3-6,15H,7-9H2,1-2H3,(H,16,17);1H. The van der Waals surface area contributed by atoms with E-state index in [9.17, 15) is 4.79 Å². The summed E-state index contributed by atoms with van der Waals surface area (Å²) in [5, 5.41) is 6.92. The van der Waals surface area contributed by atoms with Crippen LogP contribution in [0.3, 0.4) is 0 Å². The third-order valence-electron chi connectivity index (χ3n) is 2.99. The minimum Gasteiger partial charge on any atom is -0.459 e. The lowest BCUT2D eigenvalue weighted by atomic mass is 10.1. The van der Waals surface area contributed by atoms with Crippen molar-refractivity contribution in [2.24, 2.45) is 0 Å². The molecule has 0 aliphatic heterocycles. The first-order valence-electron chi connectivity index (χ1n) is 6.10. The van der Waals surface area contributed by atoms with E-state index in [1.165, 1.54) is 0 Å². The monoisotopic (exact) mass is 282 g/mol. The topological polar surface area (TPSA) is 54.3 Å². The lowest BCUT2D eigenvalue weighted by Gasteiger charge is -2.03. The summed E-state index contributed by atoms with van der Waals surface area (Å²) in [6.07, 6.45) is 0.482. The van der Waals surface area contributed by atoms with Crippen LogP contribution in [0, 0.1) is 6.92 Å². The lowest BCUT2D eigenvalue weighted by molar-refractivity contribution is -0.121. The van der Waals surface area contributed by atoms with Crippen LogP contribution in [0.2, 0.25) is 0 Å². The average molecular weight is 283 g/mol.